The number of amides is 2. The molecule has 0 aliphatic heterocycles. The fourth-order valence-electron chi connectivity index (χ4n) is 3.82. The molecule has 0 saturated carbocycles. The second kappa shape index (κ2) is 14.3. The molecule has 0 bridgehead atoms. The molecule has 208 valence electrons. The van der Waals surface area contributed by atoms with Crippen molar-refractivity contribution in [2.24, 2.45) is 5.92 Å². The molecule has 0 radical (unpaired) electrons. The number of hydrogen-bond donors (Lipinski definition) is 2. The minimum absolute atomic E-state index is 0.0668. The molecule has 2 rings (SSSR count). The third-order valence-electron chi connectivity index (χ3n) is 5.64. The standard InChI is InChI=1S/C27H37FN4O6/c1-7-37-22(33)14-13-21(27(36)38-8-2)30-26(35)23(16(3)4)31-25(34)20-15-29-32(24(20)17(5)6)19-11-9-18(28)10-12-19/h9-12,15-17,21,23H,7-8,13-14H2,1-6H3,(H,30,35)(H,31,34)/t21-,23-/m0/s1/i/hD. The summed E-state index contributed by atoms with van der Waals surface area (Å²) in [4.78, 5) is 51.2. The van der Waals surface area contributed by atoms with Crippen molar-refractivity contribution in [2.75, 3.05) is 13.2 Å². The molecule has 0 spiro atoms. The second-order valence-electron chi connectivity index (χ2n) is 9.27. The van der Waals surface area contributed by atoms with Gasteiger partial charge in [0.1, 0.15) is 17.9 Å². The normalized spacial score (nSPS) is 13.0. The third-order valence-corrected chi connectivity index (χ3v) is 5.64. The van der Waals surface area contributed by atoms with Crippen LogP contribution in [0.2, 0.25) is 1.41 Å². The fraction of sp³-hybridized carbons (Fsp3) is 0.519. The number of benzene rings is 1. The lowest BCUT2D eigenvalue weighted by atomic mass is 10.0. The van der Waals surface area contributed by atoms with Crippen LogP contribution in [0.15, 0.2) is 30.5 Å². The Morgan fingerprint density at radius 2 is 1.68 bits per heavy atom. The molecule has 0 fully saturated rings. The molecule has 11 heteroatoms. The van der Waals surface area contributed by atoms with Gasteiger partial charge in [-0.25, -0.2) is 13.9 Å². The Morgan fingerprint density at radius 3 is 2.24 bits per heavy atom. The van der Waals surface area contributed by atoms with Gasteiger partial charge in [-0.1, -0.05) is 27.7 Å². The fourth-order valence-corrected chi connectivity index (χ4v) is 3.82. The molecule has 10 nitrogen and oxygen atoms in total. The van der Waals surface area contributed by atoms with Gasteiger partial charge in [0, 0.05) is 6.42 Å². The number of nitrogens with zero attached hydrogens (tertiary/aromatic N) is 2. The van der Waals surface area contributed by atoms with Gasteiger partial charge in [0.05, 0.1) is 36.4 Å². The largest absolute Gasteiger partial charge is 0.466 e. The first-order chi connectivity index (χ1) is 18.4. The minimum Gasteiger partial charge on any atom is -0.466 e. The van der Waals surface area contributed by atoms with Crippen molar-refractivity contribution < 1.29 is 34.5 Å². The number of carbonyl (C=O) groups excluding carboxylic acids is 4. The predicted molar refractivity (Wildman–Crippen MR) is 138 cm³/mol. The van der Waals surface area contributed by atoms with Crippen LogP contribution >= 0.6 is 0 Å². The van der Waals surface area contributed by atoms with Gasteiger partial charge in [0.15, 0.2) is 1.41 Å². The number of nitrogens with one attached hydrogen (secondary N) is 2. The maximum atomic E-state index is 13.5. The molecule has 2 aromatic rings. The van der Waals surface area contributed by atoms with Gasteiger partial charge in [-0.2, -0.15) is 5.10 Å². The molecule has 1 aromatic carbocycles. The summed E-state index contributed by atoms with van der Waals surface area (Å²) in [5.74, 6) is -3.89. The van der Waals surface area contributed by atoms with Gasteiger partial charge in [-0.3, -0.25) is 14.4 Å². The van der Waals surface area contributed by atoms with Gasteiger partial charge in [-0.15, -0.1) is 0 Å². The van der Waals surface area contributed by atoms with Crippen molar-refractivity contribution >= 4 is 23.8 Å². The first-order valence-electron chi connectivity index (χ1n) is 13.2. The molecular formula is C27H37FN4O6. The highest BCUT2D eigenvalue weighted by atomic mass is 19.1. The van der Waals surface area contributed by atoms with Crippen LogP contribution < -0.4 is 10.6 Å². The van der Waals surface area contributed by atoms with Crippen molar-refractivity contribution in [3.05, 3.63) is 47.5 Å². The summed E-state index contributed by atoms with van der Waals surface area (Å²) < 4.78 is 33.5. The quantitative estimate of drug-likeness (QED) is 0.378. The van der Waals surface area contributed by atoms with E-state index in [0.29, 0.717) is 16.7 Å². The van der Waals surface area contributed by atoms with Crippen LogP contribution in [0.25, 0.3) is 5.69 Å². The summed E-state index contributed by atoms with van der Waals surface area (Å²) in [6.07, 6.45) is 1.12. The van der Waals surface area contributed by atoms with E-state index in [4.69, 9.17) is 10.9 Å². The van der Waals surface area contributed by atoms with Crippen molar-refractivity contribution in [3.63, 3.8) is 0 Å². The molecule has 2 amide bonds. The summed E-state index contributed by atoms with van der Waals surface area (Å²) in [5, 5.41) is 7.42. The first kappa shape index (κ1) is 28.8. The Bertz CT molecular complexity index is 1150. The summed E-state index contributed by atoms with van der Waals surface area (Å²) in [6, 6.07) is 3.17. The Labute approximate surface area is 223 Å². The van der Waals surface area contributed by atoms with Crippen molar-refractivity contribution in [1.29, 1.82) is 0 Å². The minimum atomic E-state index is -1.27. The first-order valence-corrected chi connectivity index (χ1v) is 12.7. The van der Waals surface area contributed by atoms with E-state index in [1.165, 1.54) is 35.1 Å². The highest BCUT2D eigenvalue weighted by Gasteiger charge is 2.31. The third kappa shape index (κ3) is 8.12. The number of ether oxygens (including phenoxy) is 2. The Morgan fingerprint density at radius 1 is 1.05 bits per heavy atom. The van der Waals surface area contributed by atoms with E-state index >= 15 is 0 Å². The number of carbonyl (C=O) groups is 4. The summed E-state index contributed by atoms with van der Waals surface area (Å²) in [7, 11) is 0. The van der Waals surface area contributed by atoms with Gasteiger partial charge in [0.25, 0.3) is 5.91 Å². The van der Waals surface area contributed by atoms with Crippen molar-refractivity contribution in [3.8, 4) is 5.69 Å². The molecule has 2 N–H and O–H groups in total. The van der Waals surface area contributed by atoms with Crippen molar-refractivity contribution in [1.82, 2.24) is 20.4 Å². The highest BCUT2D eigenvalue weighted by Crippen LogP contribution is 2.23. The van der Waals surface area contributed by atoms with E-state index in [2.05, 4.69) is 10.4 Å². The Kier molecular flexibility index (Phi) is 10.8. The number of hydrogen-bond acceptors (Lipinski definition) is 7. The average molecular weight is 534 g/mol. The van der Waals surface area contributed by atoms with Crippen LogP contribution in [0, 0.1) is 11.7 Å². The zero-order valence-electron chi connectivity index (χ0n) is 23.7. The van der Waals surface area contributed by atoms with E-state index in [-0.39, 0.29) is 37.5 Å². The zero-order chi connectivity index (χ0) is 29.3. The monoisotopic (exact) mass is 533 g/mol. The van der Waals surface area contributed by atoms with E-state index in [1.54, 1.807) is 27.7 Å². The Balaban J connectivity index is 2.33. The van der Waals surface area contributed by atoms with Crippen LogP contribution in [0.3, 0.4) is 0 Å². The molecule has 1 aromatic heterocycles. The van der Waals surface area contributed by atoms with Gasteiger partial charge >= 0.3 is 11.9 Å². The second-order valence-corrected chi connectivity index (χ2v) is 9.27. The van der Waals surface area contributed by atoms with Crippen LogP contribution in [-0.2, 0) is 23.9 Å². The molecule has 0 saturated heterocycles. The summed E-state index contributed by atoms with van der Waals surface area (Å²) in [6.45, 7) is 10.6. The van der Waals surface area contributed by atoms with E-state index in [1.807, 2.05) is 13.8 Å². The summed E-state index contributed by atoms with van der Waals surface area (Å²) >= 11 is 0. The summed E-state index contributed by atoms with van der Waals surface area (Å²) in [5.41, 5.74) is 1.14. The van der Waals surface area contributed by atoms with Gasteiger partial charge in [-0.05, 0) is 56.4 Å². The van der Waals surface area contributed by atoms with Gasteiger partial charge in [0.2, 0.25) is 5.91 Å². The van der Waals surface area contributed by atoms with Crippen LogP contribution in [-0.4, -0.2) is 58.8 Å². The number of aromatic nitrogens is 2. The predicted octanol–water partition coefficient (Wildman–Crippen LogP) is 3.28. The molecule has 0 aliphatic carbocycles. The van der Waals surface area contributed by atoms with E-state index in [9.17, 15) is 23.6 Å². The SMILES string of the molecule is [2H]N(C(=O)c1cnn(-c2ccc(F)cc2)c1C(C)C)[C@H](C(=O)N[C@@H](CCC(=O)OCC)C(=O)OCC)C(C)C. The number of halogens is 1. The molecule has 1 heterocycles. The van der Waals surface area contributed by atoms with Crippen LogP contribution in [0.5, 0.6) is 0 Å². The lowest BCUT2D eigenvalue weighted by molar-refractivity contribution is -0.149. The molecule has 0 aliphatic rings. The highest BCUT2D eigenvalue weighted by molar-refractivity contribution is 5.99. The maximum Gasteiger partial charge on any atom is 0.328 e. The lowest BCUT2D eigenvalue weighted by Gasteiger charge is -2.25. The zero-order valence-corrected chi connectivity index (χ0v) is 22.7. The molecule has 0 unspecified atom stereocenters. The molecule has 2 atom stereocenters. The Hall–Kier alpha value is -3.76. The molecule has 38 heavy (non-hydrogen) atoms. The number of esters is 2. The van der Waals surface area contributed by atoms with Crippen LogP contribution in [0.4, 0.5) is 4.39 Å². The average Bonchev–Trinajstić information content (AvgIpc) is 3.32. The topological polar surface area (TPSA) is 129 Å². The molecular weight excluding hydrogens is 495 g/mol. The smallest absolute Gasteiger partial charge is 0.328 e. The van der Waals surface area contributed by atoms with Crippen LogP contribution in [0.1, 0.15) is 76.4 Å². The van der Waals surface area contributed by atoms with Gasteiger partial charge < -0.3 is 20.1 Å². The number of rotatable bonds is 13. The van der Waals surface area contributed by atoms with E-state index in [0.717, 1.165) is 0 Å². The maximum absolute atomic E-state index is 13.5. The van der Waals surface area contributed by atoms with Crippen molar-refractivity contribution in [2.45, 2.75) is 72.4 Å². The van der Waals surface area contributed by atoms with E-state index < -0.39 is 47.6 Å². The lowest BCUT2D eigenvalue weighted by Crippen LogP contribution is -2.54.